The molecule has 116 valence electrons. The van der Waals surface area contributed by atoms with E-state index in [1.165, 1.54) is 0 Å². The molecule has 3 unspecified atom stereocenters. The molecule has 3 atom stereocenters. The number of cyclic esters (lactones) is 2. The second-order valence-electron chi connectivity index (χ2n) is 5.42. The lowest BCUT2D eigenvalue weighted by molar-refractivity contribution is -0.153. The molecule has 21 heavy (non-hydrogen) atoms. The number of ether oxygens (including phenoxy) is 1. The van der Waals surface area contributed by atoms with Crippen LogP contribution in [-0.4, -0.2) is 11.9 Å². The fourth-order valence-electron chi connectivity index (χ4n) is 2.52. The van der Waals surface area contributed by atoms with E-state index in [1.807, 2.05) is 13.0 Å². The molecule has 1 rings (SSSR count). The monoisotopic (exact) mass is 290 g/mol. The van der Waals surface area contributed by atoms with Crippen LogP contribution in [0.15, 0.2) is 37.0 Å². The van der Waals surface area contributed by atoms with Crippen molar-refractivity contribution in [3.05, 3.63) is 37.0 Å². The molecule has 0 aromatic carbocycles. The molecule has 1 aliphatic rings. The molecule has 1 fully saturated rings. The van der Waals surface area contributed by atoms with Gasteiger partial charge in [0, 0.05) is 0 Å². The Hall–Kier alpha value is -1.64. The molecule has 0 aromatic heterocycles. The Morgan fingerprint density at radius 1 is 1.29 bits per heavy atom. The Morgan fingerprint density at radius 3 is 2.57 bits per heavy atom. The number of hydrogen-bond acceptors (Lipinski definition) is 3. The van der Waals surface area contributed by atoms with Gasteiger partial charge in [0.25, 0.3) is 0 Å². The van der Waals surface area contributed by atoms with E-state index in [1.54, 1.807) is 0 Å². The lowest BCUT2D eigenvalue weighted by Crippen LogP contribution is -2.17. The Bertz CT molecular complexity index is 420. The van der Waals surface area contributed by atoms with Crippen LogP contribution in [0.25, 0.3) is 0 Å². The van der Waals surface area contributed by atoms with Crippen LogP contribution in [-0.2, 0) is 14.3 Å². The molecule has 0 amide bonds. The maximum Gasteiger partial charge on any atom is 0.317 e. The third-order valence-electron chi connectivity index (χ3n) is 3.87. The summed E-state index contributed by atoms with van der Waals surface area (Å²) < 4.78 is 4.64. The molecule has 1 aliphatic heterocycles. The van der Waals surface area contributed by atoms with E-state index in [-0.39, 0.29) is 24.2 Å². The van der Waals surface area contributed by atoms with Crippen LogP contribution in [0.2, 0.25) is 0 Å². The van der Waals surface area contributed by atoms with Gasteiger partial charge in [0.05, 0.1) is 12.3 Å². The van der Waals surface area contributed by atoms with Crippen LogP contribution in [0.3, 0.4) is 0 Å². The van der Waals surface area contributed by atoms with Gasteiger partial charge in [-0.2, -0.15) is 0 Å². The minimum atomic E-state index is -0.401. The van der Waals surface area contributed by atoms with E-state index in [0.29, 0.717) is 5.92 Å². The zero-order chi connectivity index (χ0) is 15.7. The van der Waals surface area contributed by atoms with Crippen molar-refractivity contribution in [2.24, 2.45) is 17.8 Å². The molecule has 0 N–H and O–H groups in total. The molecule has 0 radical (unpaired) electrons. The standard InChI is InChI=1S/C18H26O3/c1-4-7-8-9-10-14(5-2)11-12-15(6-3)16-13-17(19)21-18(16)20/h5,7-8,11-12,14-16H,2,4,6,9-10,13H2,1,3H3. The second kappa shape index (κ2) is 9.32. The summed E-state index contributed by atoms with van der Waals surface area (Å²) in [4.78, 5) is 22.8. The van der Waals surface area contributed by atoms with Crippen molar-refractivity contribution in [3.63, 3.8) is 0 Å². The van der Waals surface area contributed by atoms with E-state index < -0.39 is 5.97 Å². The van der Waals surface area contributed by atoms with Crippen LogP contribution >= 0.6 is 0 Å². The summed E-state index contributed by atoms with van der Waals surface area (Å²) >= 11 is 0. The minimum absolute atomic E-state index is 0.0672. The Labute approximate surface area is 127 Å². The largest absolute Gasteiger partial charge is 0.393 e. The molecule has 1 saturated heterocycles. The van der Waals surface area contributed by atoms with Gasteiger partial charge in [0.2, 0.25) is 0 Å². The predicted octanol–water partition coefficient (Wildman–Crippen LogP) is 4.21. The predicted molar refractivity (Wildman–Crippen MR) is 84.5 cm³/mol. The first kappa shape index (κ1) is 17.4. The van der Waals surface area contributed by atoms with Crippen LogP contribution in [0.4, 0.5) is 0 Å². The summed E-state index contributed by atoms with van der Waals surface area (Å²) in [6.45, 7) is 8.01. The minimum Gasteiger partial charge on any atom is -0.393 e. The average molecular weight is 290 g/mol. The SMILES string of the molecule is C=CC(C=CC(CC)C1CC(=O)OC1=O)CCC=CCC. The first-order chi connectivity index (χ1) is 10.1. The van der Waals surface area contributed by atoms with Crippen molar-refractivity contribution in [2.75, 3.05) is 0 Å². The summed E-state index contributed by atoms with van der Waals surface area (Å²) in [6, 6.07) is 0. The number of rotatable bonds is 9. The molecule has 0 aromatic rings. The first-order valence-electron chi connectivity index (χ1n) is 7.82. The van der Waals surface area contributed by atoms with Gasteiger partial charge < -0.3 is 4.74 Å². The van der Waals surface area contributed by atoms with Crippen LogP contribution in [0.1, 0.15) is 46.0 Å². The Morgan fingerprint density at radius 2 is 2.05 bits per heavy atom. The number of allylic oxidation sites excluding steroid dienone is 5. The number of hydrogen-bond donors (Lipinski definition) is 0. The quantitative estimate of drug-likeness (QED) is 0.363. The summed E-state index contributed by atoms with van der Waals surface area (Å²) in [5, 5.41) is 0. The van der Waals surface area contributed by atoms with Crippen molar-refractivity contribution >= 4 is 11.9 Å². The molecule has 3 nitrogen and oxygen atoms in total. The number of carbonyl (C=O) groups is 2. The van der Waals surface area contributed by atoms with Gasteiger partial charge in [-0.15, -0.1) is 6.58 Å². The maximum atomic E-state index is 11.6. The second-order valence-corrected chi connectivity index (χ2v) is 5.42. The molecule has 0 bridgehead atoms. The summed E-state index contributed by atoms with van der Waals surface area (Å²) in [5.74, 6) is -0.727. The third kappa shape index (κ3) is 5.70. The van der Waals surface area contributed by atoms with E-state index in [2.05, 4.69) is 42.5 Å². The Balaban J connectivity index is 2.57. The van der Waals surface area contributed by atoms with Crippen molar-refractivity contribution in [3.8, 4) is 0 Å². The highest BCUT2D eigenvalue weighted by Gasteiger charge is 2.37. The third-order valence-corrected chi connectivity index (χ3v) is 3.87. The molecular formula is C18H26O3. The van der Waals surface area contributed by atoms with E-state index in [0.717, 1.165) is 25.7 Å². The van der Waals surface area contributed by atoms with Gasteiger partial charge >= 0.3 is 11.9 Å². The molecule has 3 heteroatoms. The fourth-order valence-corrected chi connectivity index (χ4v) is 2.52. The van der Waals surface area contributed by atoms with Crippen molar-refractivity contribution in [1.82, 2.24) is 0 Å². The summed E-state index contributed by atoms with van der Waals surface area (Å²) in [7, 11) is 0. The highest BCUT2D eigenvalue weighted by atomic mass is 16.6. The van der Waals surface area contributed by atoms with Crippen LogP contribution < -0.4 is 0 Å². The zero-order valence-electron chi connectivity index (χ0n) is 13.1. The smallest absolute Gasteiger partial charge is 0.317 e. The topological polar surface area (TPSA) is 43.4 Å². The van der Waals surface area contributed by atoms with Crippen molar-refractivity contribution in [1.29, 1.82) is 0 Å². The Kier molecular flexibility index (Phi) is 7.73. The lowest BCUT2D eigenvalue weighted by atomic mass is 9.87. The molecule has 0 spiro atoms. The van der Waals surface area contributed by atoms with E-state index >= 15 is 0 Å². The summed E-state index contributed by atoms with van der Waals surface area (Å²) in [6.07, 6.45) is 14.6. The van der Waals surface area contributed by atoms with Gasteiger partial charge in [-0.05, 0) is 37.5 Å². The van der Waals surface area contributed by atoms with Gasteiger partial charge in [-0.3, -0.25) is 9.59 Å². The number of esters is 2. The average Bonchev–Trinajstić information content (AvgIpc) is 2.80. The normalized spacial score (nSPS) is 21.9. The highest BCUT2D eigenvalue weighted by Crippen LogP contribution is 2.28. The van der Waals surface area contributed by atoms with Gasteiger partial charge in [-0.1, -0.05) is 44.2 Å². The zero-order valence-corrected chi connectivity index (χ0v) is 13.1. The van der Waals surface area contributed by atoms with Crippen molar-refractivity contribution < 1.29 is 14.3 Å². The lowest BCUT2D eigenvalue weighted by Gasteiger charge is -2.15. The molecule has 0 saturated carbocycles. The van der Waals surface area contributed by atoms with E-state index in [4.69, 9.17) is 0 Å². The molecule has 1 heterocycles. The fraction of sp³-hybridized carbons (Fsp3) is 0.556. The van der Waals surface area contributed by atoms with E-state index in [9.17, 15) is 9.59 Å². The van der Waals surface area contributed by atoms with Crippen molar-refractivity contribution in [2.45, 2.75) is 46.0 Å². The first-order valence-corrected chi connectivity index (χ1v) is 7.82. The highest BCUT2D eigenvalue weighted by molar-refractivity contribution is 5.94. The molecular weight excluding hydrogens is 264 g/mol. The maximum absolute atomic E-state index is 11.6. The van der Waals surface area contributed by atoms with Gasteiger partial charge in [0.1, 0.15) is 0 Å². The van der Waals surface area contributed by atoms with Crippen LogP contribution in [0.5, 0.6) is 0 Å². The van der Waals surface area contributed by atoms with Gasteiger partial charge in [-0.25, -0.2) is 0 Å². The number of carbonyl (C=O) groups excluding carboxylic acids is 2. The van der Waals surface area contributed by atoms with Gasteiger partial charge in [0.15, 0.2) is 0 Å². The summed E-state index contributed by atoms with van der Waals surface area (Å²) in [5.41, 5.74) is 0. The van der Waals surface area contributed by atoms with Crippen LogP contribution in [0, 0.1) is 17.8 Å². The molecule has 0 aliphatic carbocycles.